The molecule has 0 unspecified atom stereocenters. The molecule has 0 fully saturated rings. The predicted molar refractivity (Wildman–Crippen MR) is 112 cm³/mol. The molecule has 4 rings (SSSR count). The molecule has 140 valence electrons. The van der Waals surface area contributed by atoms with Crippen LogP contribution in [-0.4, -0.2) is 22.0 Å². The average Bonchev–Trinajstić information content (AvgIpc) is 3.19. The van der Waals surface area contributed by atoms with Gasteiger partial charge in [0.2, 0.25) is 0 Å². The smallest absolute Gasteiger partial charge is 0.309 e. The molecule has 0 aliphatic carbocycles. The molecule has 2 aromatic heterocycles. The molecule has 2 heterocycles. The van der Waals surface area contributed by atoms with Crippen LogP contribution in [0.15, 0.2) is 75.6 Å². The molecule has 1 amide bonds. The number of thiophene rings is 1. The van der Waals surface area contributed by atoms with Crippen molar-refractivity contribution in [2.45, 2.75) is 6.92 Å². The third-order valence-corrected chi connectivity index (χ3v) is 5.40. The number of carbonyl (C=O) groups is 1. The summed E-state index contributed by atoms with van der Waals surface area (Å²) in [5.74, 6) is -0.179. The van der Waals surface area contributed by atoms with Crippen LogP contribution in [0.3, 0.4) is 0 Å². The molecular formula is C21H17N3O3S. The second-order valence-electron chi connectivity index (χ2n) is 6.17. The maximum atomic E-state index is 13.0. The highest BCUT2D eigenvalue weighted by molar-refractivity contribution is 7.12. The van der Waals surface area contributed by atoms with E-state index in [-0.39, 0.29) is 5.91 Å². The van der Waals surface area contributed by atoms with Gasteiger partial charge in [0.25, 0.3) is 11.5 Å². The molecule has 6 nitrogen and oxygen atoms in total. The van der Waals surface area contributed by atoms with Crippen LogP contribution in [0.2, 0.25) is 0 Å². The zero-order valence-corrected chi connectivity index (χ0v) is 15.9. The monoisotopic (exact) mass is 391 g/mol. The molecule has 0 atom stereocenters. The summed E-state index contributed by atoms with van der Waals surface area (Å²) in [5.41, 5.74) is 0.784. The summed E-state index contributed by atoms with van der Waals surface area (Å²) in [5, 5.41) is 2.50. The van der Waals surface area contributed by atoms with Gasteiger partial charge in [-0.2, -0.15) is 0 Å². The number of rotatable bonds is 4. The van der Waals surface area contributed by atoms with Gasteiger partial charge in [0.1, 0.15) is 5.00 Å². The molecule has 28 heavy (non-hydrogen) atoms. The van der Waals surface area contributed by atoms with E-state index < -0.39 is 11.2 Å². The van der Waals surface area contributed by atoms with Gasteiger partial charge in [0.05, 0.1) is 16.5 Å². The van der Waals surface area contributed by atoms with E-state index in [0.29, 0.717) is 28.0 Å². The highest BCUT2D eigenvalue weighted by atomic mass is 32.1. The molecule has 4 aromatic rings. The van der Waals surface area contributed by atoms with E-state index in [1.807, 2.05) is 37.3 Å². The highest BCUT2D eigenvalue weighted by Gasteiger charge is 2.19. The Morgan fingerprint density at radius 1 is 1.07 bits per heavy atom. The van der Waals surface area contributed by atoms with Crippen LogP contribution >= 0.6 is 11.3 Å². The number of aromatic nitrogens is 2. The van der Waals surface area contributed by atoms with Crippen molar-refractivity contribution < 1.29 is 4.79 Å². The quantitative estimate of drug-likeness (QED) is 0.579. The van der Waals surface area contributed by atoms with Crippen molar-refractivity contribution in [1.82, 2.24) is 9.55 Å². The minimum atomic E-state index is -0.528. The van der Waals surface area contributed by atoms with Crippen molar-refractivity contribution in [2.24, 2.45) is 0 Å². The van der Waals surface area contributed by atoms with Crippen molar-refractivity contribution in [1.29, 1.82) is 0 Å². The molecular weight excluding hydrogens is 374 g/mol. The summed E-state index contributed by atoms with van der Waals surface area (Å²) in [6, 6.07) is 17.8. The minimum absolute atomic E-state index is 0.179. The van der Waals surface area contributed by atoms with Gasteiger partial charge in [-0.15, -0.1) is 11.3 Å². The predicted octanol–water partition coefficient (Wildman–Crippen LogP) is 3.41. The van der Waals surface area contributed by atoms with E-state index in [9.17, 15) is 14.4 Å². The van der Waals surface area contributed by atoms with Crippen molar-refractivity contribution >= 4 is 33.8 Å². The lowest BCUT2D eigenvalue weighted by atomic mass is 10.2. The fourth-order valence-electron chi connectivity index (χ4n) is 3.12. The van der Waals surface area contributed by atoms with Gasteiger partial charge in [-0.1, -0.05) is 30.3 Å². The van der Waals surface area contributed by atoms with Crippen molar-refractivity contribution in [2.75, 3.05) is 11.4 Å². The first-order valence-corrected chi connectivity index (χ1v) is 9.68. The Morgan fingerprint density at radius 2 is 1.79 bits per heavy atom. The van der Waals surface area contributed by atoms with Crippen molar-refractivity contribution in [3.63, 3.8) is 0 Å². The third-order valence-electron chi connectivity index (χ3n) is 4.49. The highest BCUT2D eigenvalue weighted by Crippen LogP contribution is 2.22. The first-order chi connectivity index (χ1) is 13.6. The zero-order chi connectivity index (χ0) is 19.7. The molecule has 0 bridgehead atoms. The summed E-state index contributed by atoms with van der Waals surface area (Å²) in [6.07, 6.45) is 0. The number of aromatic amines is 1. The topological polar surface area (TPSA) is 75.2 Å². The van der Waals surface area contributed by atoms with Gasteiger partial charge in [-0.3, -0.25) is 9.59 Å². The molecule has 0 radical (unpaired) electrons. The molecule has 7 heteroatoms. The first-order valence-electron chi connectivity index (χ1n) is 8.80. The maximum Gasteiger partial charge on any atom is 0.334 e. The largest absolute Gasteiger partial charge is 0.334 e. The number of para-hydroxylation sites is 2. The summed E-state index contributed by atoms with van der Waals surface area (Å²) >= 11 is 1.19. The molecule has 0 aliphatic rings. The molecule has 0 aliphatic heterocycles. The Labute approximate surface area is 164 Å². The van der Waals surface area contributed by atoms with E-state index in [0.717, 1.165) is 10.3 Å². The molecule has 0 spiro atoms. The van der Waals surface area contributed by atoms with Crippen molar-refractivity contribution in [3.05, 3.63) is 92.4 Å². The number of anilines is 1. The van der Waals surface area contributed by atoms with Gasteiger partial charge in [-0.25, -0.2) is 9.36 Å². The summed E-state index contributed by atoms with van der Waals surface area (Å²) in [6.45, 7) is 2.40. The van der Waals surface area contributed by atoms with Gasteiger partial charge >= 0.3 is 5.69 Å². The average molecular weight is 391 g/mol. The van der Waals surface area contributed by atoms with E-state index in [1.54, 1.807) is 40.6 Å². The molecule has 1 N–H and O–H groups in total. The molecule has 0 saturated carbocycles. The normalized spacial score (nSPS) is 10.9. The minimum Gasteiger partial charge on any atom is -0.309 e. The fraction of sp³-hybridized carbons (Fsp3) is 0.0952. The summed E-state index contributed by atoms with van der Waals surface area (Å²) in [7, 11) is 0. The third kappa shape index (κ3) is 3.05. The SMILES string of the molecule is CCN(C(=O)c1csc(-n2c(=O)[nH]c3ccccc3c2=O)c1)c1ccccc1. The number of nitrogens with zero attached hydrogens (tertiary/aromatic N) is 2. The number of benzene rings is 2. The Kier molecular flexibility index (Phi) is 4.67. The number of H-pyrrole nitrogens is 1. The van der Waals surface area contributed by atoms with E-state index >= 15 is 0 Å². The second kappa shape index (κ2) is 7.28. The number of fused-ring (bicyclic) bond motifs is 1. The van der Waals surface area contributed by atoms with E-state index in [4.69, 9.17) is 0 Å². The number of hydrogen-bond donors (Lipinski definition) is 1. The number of carbonyl (C=O) groups excluding carboxylic acids is 1. The lowest BCUT2D eigenvalue weighted by molar-refractivity contribution is 0.0988. The Morgan fingerprint density at radius 3 is 2.54 bits per heavy atom. The number of hydrogen-bond acceptors (Lipinski definition) is 4. The van der Waals surface area contributed by atoms with Gasteiger partial charge in [-0.05, 0) is 37.3 Å². The van der Waals surface area contributed by atoms with Gasteiger partial charge in [0.15, 0.2) is 0 Å². The van der Waals surface area contributed by atoms with Crippen molar-refractivity contribution in [3.8, 4) is 5.00 Å². The maximum absolute atomic E-state index is 13.0. The number of amides is 1. The lowest BCUT2D eigenvalue weighted by Crippen LogP contribution is -2.33. The lowest BCUT2D eigenvalue weighted by Gasteiger charge is -2.20. The Hall–Kier alpha value is -3.45. The van der Waals surface area contributed by atoms with Gasteiger partial charge < -0.3 is 9.88 Å². The summed E-state index contributed by atoms with van der Waals surface area (Å²) < 4.78 is 1.07. The number of nitrogens with one attached hydrogen (secondary N) is 1. The Bertz CT molecular complexity index is 1270. The van der Waals surface area contributed by atoms with Crippen LogP contribution in [0.1, 0.15) is 17.3 Å². The first kappa shape index (κ1) is 17.9. The van der Waals surface area contributed by atoms with Crippen LogP contribution in [0.25, 0.3) is 15.9 Å². The van der Waals surface area contributed by atoms with Gasteiger partial charge in [0, 0.05) is 17.6 Å². The van der Waals surface area contributed by atoms with E-state index in [2.05, 4.69) is 4.98 Å². The van der Waals surface area contributed by atoms with E-state index in [1.165, 1.54) is 11.3 Å². The van der Waals surface area contributed by atoms with Crippen LogP contribution in [0.4, 0.5) is 5.69 Å². The fourth-order valence-corrected chi connectivity index (χ4v) is 4.01. The van der Waals surface area contributed by atoms with Crippen LogP contribution < -0.4 is 16.1 Å². The standard InChI is InChI=1S/C21H17N3O3S/c1-2-23(15-8-4-3-5-9-15)19(25)14-12-18(28-13-14)24-20(26)16-10-6-7-11-17(16)22-21(24)27/h3-13H,2H2,1H3,(H,22,27). The molecule has 2 aromatic carbocycles. The molecule has 0 saturated heterocycles. The second-order valence-corrected chi connectivity index (χ2v) is 7.06. The van der Waals surface area contributed by atoms with Crippen LogP contribution in [-0.2, 0) is 0 Å². The summed E-state index contributed by atoms with van der Waals surface area (Å²) in [4.78, 5) is 42.6. The van der Waals surface area contributed by atoms with Crippen LogP contribution in [0, 0.1) is 0 Å². The van der Waals surface area contributed by atoms with Crippen LogP contribution in [0.5, 0.6) is 0 Å². The zero-order valence-electron chi connectivity index (χ0n) is 15.1. The Balaban J connectivity index is 1.76.